The fraction of sp³-hybridized carbons (Fsp3) is 0.417. The summed E-state index contributed by atoms with van der Waals surface area (Å²) >= 11 is 5.70. The van der Waals surface area contributed by atoms with Crippen LogP contribution in [0.5, 0.6) is 0 Å². The predicted octanol–water partition coefficient (Wildman–Crippen LogP) is 2.21. The molecule has 0 radical (unpaired) electrons. The fourth-order valence-electron chi connectivity index (χ4n) is 1.36. The molecule has 0 saturated carbocycles. The molecule has 0 saturated heterocycles. The van der Waals surface area contributed by atoms with Crippen molar-refractivity contribution in [2.45, 2.75) is 25.7 Å². The van der Waals surface area contributed by atoms with Gasteiger partial charge >= 0.3 is 5.97 Å². The van der Waals surface area contributed by atoms with Gasteiger partial charge in [-0.1, -0.05) is 23.7 Å². The van der Waals surface area contributed by atoms with Crippen molar-refractivity contribution in [2.24, 2.45) is 0 Å². The number of ether oxygens (including phenoxy) is 1. The fourth-order valence-corrected chi connectivity index (χ4v) is 2.72. The van der Waals surface area contributed by atoms with Crippen molar-refractivity contribution >= 4 is 27.4 Å². The Morgan fingerprint density at radius 1 is 1.28 bits per heavy atom. The van der Waals surface area contributed by atoms with Crippen LogP contribution in [-0.2, 0) is 25.1 Å². The minimum Gasteiger partial charge on any atom is -0.462 e. The van der Waals surface area contributed by atoms with E-state index >= 15 is 0 Å². The van der Waals surface area contributed by atoms with Crippen LogP contribution in [0, 0.1) is 0 Å². The number of rotatable bonds is 5. The van der Waals surface area contributed by atoms with Crippen molar-refractivity contribution in [1.82, 2.24) is 0 Å². The summed E-state index contributed by atoms with van der Waals surface area (Å²) in [6, 6.07) is 6.46. The van der Waals surface area contributed by atoms with Crippen LogP contribution in [0.3, 0.4) is 0 Å². The van der Waals surface area contributed by atoms with Crippen molar-refractivity contribution in [3.8, 4) is 0 Å². The summed E-state index contributed by atoms with van der Waals surface area (Å²) in [7, 11) is -3.51. The van der Waals surface area contributed by atoms with Gasteiger partial charge in [0.25, 0.3) is 0 Å². The molecule has 0 aromatic heterocycles. The number of hydrogen-bond donors (Lipinski definition) is 0. The molecule has 1 rings (SSSR count). The van der Waals surface area contributed by atoms with Gasteiger partial charge in [0.15, 0.2) is 9.84 Å². The Kier molecular flexibility index (Phi) is 5.16. The highest BCUT2D eigenvalue weighted by molar-refractivity contribution is 7.91. The van der Waals surface area contributed by atoms with E-state index in [0.717, 1.165) is 0 Å². The normalized spacial score (nSPS) is 11.6. The molecule has 0 atom stereocenters. The van der Waals surface area contributed by atoms with Crippen molar-refractivity contribution in [1.29, 1.82) is 0 Å². The standard InChI is InChI=1S/C12H15ClO4S/c1-9(2)17-12(14)8-18(15,16)7-10-3-5-11(13)6-4-10/h3-6,9H,7-8H2,1-2H3. The van der Waals surface area contributed by atoms with E-state index in [0.29, 0.717) is 10.6 Å². The second-order valence-corrected chi connectivity index (χ2v) is 6.70. The van der Waals surface area contributed by atoms with Gasteiger partial charge in [-0.2, -0.15) is 0 Å². The largest absolute Gasteiger partial charge is 0.462 e. The molecule has 0 unspecified atom stereocenters. The van der Waals surface area contributed by atoms with Gasteiger partial charge in [-0.3, -0.25) is 4.79 Å². The lowest BCUT2D eigenvalue weighted by Gasteiger charge is -2.08. The van der Waals surface area contributed by atoms with Gasteiger partial charge in [-0.25, -0.2) is 8.42 Å². The van der Waals surface area contributed by atoms with Gasteiger partial charge < -0.3 is 4.74 Å². The van der Waals surface area contributed by atoms with Gasteiger partial charge in [-0.15, -0.1) is 0 Å². The number of carbonyl (C=O) groups excluding carboxylic acids is 1. The summed E-state index contributed by atoms with van der Waals surface area (Å²) in [5.41, 5.74) is 0.594. The average molecular weight is 291 g/mol. The van der Waals surface area contributed by atoms with Crippen molar-refractivity contribution < 1.29 is 17.9 Å². The lowest BCUT2D eigenvalue weighted by atomic mass is 10.2. The molecule has 1 aromatic carbocycles. The first kappa shape index (κ1) is 15.0. The number of hydrogen-bond acceptors (Lipinski definition) is 4. The Hall–Kier alpha value is -1.07. The maximum Gasteiger partial charge on any atom is 0.321 e. The SMILES string of the molecule is CC(C)OC(=O)CS(=O)(=O)Cc1ccc(Cl)cc1. The maximum atomic E-state index is 11.7. The number of benzene rings is 1. The third-order valence-electron chi connectivity index (χ3n) is 2.00. The number of halogens is 1. The lowest BCUT2D eigenvalue weighted by Crippen LogP contribution is -2.22. The van der Waals surface area contributed by atoms with Crippen molar-refractivity contribution in [2.75, 3.05) is 5.75 Å². The van der Waals surface area contributed by atoms with E-state index < -0.39 is 21.6 Å². The Morgan fingerprint density at radius 3 is 2.33 bits per heavy atom. The second kappa shape index (κ2) is 6.20. The summed E-state index contributed by atoms with van der Waals surface area (Å²) in [5.74, 6) is -1.52. The molecule has 0 aliphatic heterocycles. The molecule has 0 spiro atoms. The number of esters is 1. The van der Waals surface area contributed by atoms with E-state index in [-0.39, 0.29) is 11.9 Å². The quantitative estimate of drug-likeness (QED) is 0.780. The maximum absolute atomic E-state index is 11.7. The van der Waals surface area contributed by atoms with Gasteiger partial charge in [-0.05, 0) is 31.5 Å². The van der Waals surface area contributed by atoms with Crippen LogP contribution in [-0.4, -0.2) is 26.2 Å². The highest BCUT2D eigenvalue weighted by atomic mass is 35.5. The van der Waals surface area contributed by atoms with E-state index in [1.165, 1.54) is 0 Å². The second-order valence-electron chi connectivity index (χ2n) is 4.20. The van der Waals surface area contributed by atoms with E-state index in [1.807, 2.05) is 0 Å². The van der Waals surface area contributed by atoms with Gasteiger partial charge in [0.2, 0.25) is 0 Å². The summed E-state index contributed by atoms with van der Waals surface area (Å²) in [4.78, 5) is 11.3. The Bertz CT molecular complexity index is 505. The highest BCUT2D eigenvalue weighted by Crippen LogP contribution is 2.12. The molecule has 6 heteroatoms. The highest BCUT2D eigenvalue weighted by Gasteiger charge is 2.19. The van der Waals surface area contributed by atoms with E-state index in [2.05, 4.69) is 0 Å². The minimum atomic E-state index is -3.51. The van der Waals surface area contributed by atoms with Crippen LogP contribution in [0.15, 0.2) is 24.3 Å². The Labute approximate surface area is 112 Å². The van der Waals surface area contributed by atoms with E-state index in [4.69, 9.17) is 16.3 Å². The average Bonchev–Trinajstić information content (AvgIpc) is 2.18. The molecule has 100 valence electrons. The van der Waals surface area contributed by atoms with E-state index in [1.54, 1.807) is 38.1 Å². The zero-order valence-electron chi connectivity index (χ0n) is 10.2. The van der Waals surface area contributed by atoms with Crippen molar-refractivity contribution in [3.05, 3.63) is 34.9 Å². The van der Waals surface area contributed by atoms with Crippen molar-refractivity contribution in [3.63, 3.8) is 0 Å². The van der Waals surface area contributed by atoms with Crippen LogP contribution >= 0.6 is 11.6 Å². The molecular weight excluding hydrogens is 276 g/mol. The monoisotopic (exact) mass is 290 g/mol. The van der Waals surface area contributed by atoms with Gasteiger partial charge in [0.1, 0.15) is 5.75 Å². The number of carbonyl (C=O) groups is 1. The lowest BCUT2D eigenvalue weighted by molar-refractivity contribution is -0.144. The molecular formula is C12H15ClO4S. The van der Waals surface area contributed by atoms with Crippen LogP contribution in [0.4, 0.5) is 0 Å². The Morgan fingerprint density at radius 2 is 1.83 bits per heavy atom. The molecule has 0 heterocycles. The molecule has 0 aliphatic rings. The van der Waals surface area contributed by atoms with Crippen LogP contribution in [0.2, 0.25) is 5.02 Å². The third kappa shape index (κ3) is 5.51. The first-order valence-corrected chi connectivity index (χ1v) is 7.63. The molecule has 18 heavy (non-hydrogen) atoms. The smallest absolute Gasteiger partial charge is 0.321 e. The minimum absolute atomic E-state index is 0.197. The molecule has 0 aliphatic carbocycles. The zero-order chi connectivity index (χ0) is 13.8. The first-order chi connectivity index (χ1) is 8.28. The topological polar surface area (TPSA) is 60.4 Å². The summed E-state index contributed by atoms with van der Waals surface area (Å²) in [5, 5.41) is 0.537. The third-order valence-corrected chi connectivity index (χ3v) is 3.71. The van der Waals surface area contributed by atoms with E-state index in [9.17, 15) is 13.2 Å². The Balaban J connectivity index is 2.65. The number of sulfone groups is 1. The molecule has 0 fully saturated rings. The van der Waals surface area contributed by atoms with Gasteiger partial charge in [0.05, 0.1) is 11.9 Å². The summed E-state index contributed by atoms with van der Waals surface area (Å²) in [6.07, 6.45) is -0.316. The molecule has 0 bridgehead atoms. The summed E-state index contributed by atoms with van der Waals surface area (Å²) in [6.45, 7) is 3.34. The molecule has 1 aromatic rings. The van der Waals surface area contributed by atoms with Crippen LogP contribution < -0.4 is 0 Å². The predicted molar refractivity (Wildman–Crippen MR) is 70.2 cm³/mol. The van der Waals surface area contributed by atoms with Crippen LogP contribution in [0.25, 0.3) is 0 Å². The van der Waals surface area contributed by atoms with Gasteiger partial charge in [0, 0.05) is 5.02 Å². The molecule has 4 nitrogen and oxygen atoms in total. The van der Waals surface area contributed by atoms with Crippen LogP contribution in [0.1, 0.15) is 19.4 Å². The zero-order valence-corrected chi connectivity index (χ0v) is 11.8. The first-order valence-electron chi connectivity index (χ1n) is 5.43. The molecule has 0 amide bonds. The summed E-state index contributed by atoms with van der Waals surface area (Å²) < 4.78 is 28.3. The molecule has 0 N–H and O–H groups in total.